The molecule has 3 heterocycles. The monoisotopic (exact) mass is 443 g/mol. The van der Waals surface area contributed by atoms with Crippen LogP contribution >= 0.6 is 0 Å². The van der Waals surface area contributed by atoms with Gasteiger partial charge in [0.1, 0.15) is 17.1 Å². The highest BCUT2D eigenvalue weighted by atomic mass is 32.2. The highest BCUT2D eigenvalue weighted by molar-refractivity contribution is 7.89. The van der Waals surface area contributed by atoms with Gasteiger partial charge in [-0.1, -0.05) is 6.92 Å². The average molecular weight is 444 g/mol. The van der Waals surface area contributed by atoms with Crippen LogP contribution in [0.5, 0.6) is 5.75 Å². The largest absolute Gasteiger partial charge is 0.494 e. The van der Waals surface area contributed by atoms with E-state index < -0.39 is 10.0 Å². The van der Waals surface area contributed by atoms with Crippen LogP contribution in [0, 0.1) is 0 Å². The molecule has 1 fully saturated rings. The predicted octanol–water partition coefficient (Wildman–Crippen LogP) is 2.68. The summed E-state index contributed by atoms with van der Waals surface area (Å²) >= 11 is 0. The third kappa shape index (κ3) is 4.73. The van der Waals surface area contributed by atoms with Gasteiger partial charge >= 0.3 is 0 Å². The number of pyridine rings is 1. The molecule has 0 N–H and O–H groups in total. The molecule has 0 radical (unpaired) electrons. The fourth-order valence-corrected chi connectivity index (χ4v) is 5.44. The van der Waals surface area contributed by atoms with Crippen LogP contribution in [0.15, 0.2) is 42.6 Å². The highest BCUT2D eigenvalue weighted by Crippen LogP contribution is 2.23. The van der Waals surface area contributed by atoms with Gasteiger partial charge in [0.25, 0.3) is 0 Å². The second-order valence-corrected chi connectivity index (χ2v) is 9.72. The Bertz CT molecular complexity index is 1120. The molecule has 1 aliphatic heterocycles. The molecule has 0 spiro atoms. The first-order valence-electron chi connectivity index (χ1n) is 10.8. The van der Waals surface area contributed by atoms with Gasteiger partial charge in [-0.05, 0) is 49.7 Å². The van der Waals surface area contributed by atoms with E-state index in [2.05, 4.69) is 14.5 Å². The number of sulfonamides is 1. The van der Waals surface area contributed by atoms with Crippen molar-refractivity contribution in [2.24, 2.45) is 0 Å². The lowest BCUT2D eigenvalue weighted by molar-refractivity contribution is 0.177. The number of rotatable bonds is 8. The molecule has 1 saturated heterocycles. The van der Waals surface area contributed by atoms with Gasteiger partial charge in [-0.2, -0.15) is 4.31 Å². The Labute approximate surface area is 183 Å². The fourth-order valence-electron chi connectivity index (χ4n) is 3.95. The summed E-state index contributed by atoms with van der Waals surface area (Å²) in [7, 11) is -3.15. The molecule has 8 nitrogen and oxygen atoms in total. The Hall–Kier alpha value is -2.49. The van der Waals surface area contributed by atoms with E-state index in [-0.39, 0.29) is 5.75 Å². The Morgan fingerprint density at radius 2 is 1.77 bits per heavy atom. The van der Waals surface area contributed by atoms with Crippen molar-refractivity contribution in [2.75, 3.05) is 38.5 Å². The molecular weight excluding hydrogens is 414 g/mol. The molecule has 0 amide bonds. The van der Waals surface area contributed by atoms with E-state index in [0.29, 0.717) is 45.8 Å². The van der Waals surface area contributed by atoms with Gasteiger partial charge in [0.15, 0.2) is 5.65 Å². The lowest BCUT2D eigenvalue weighted by Crippen LogP contribution is -2.49. The molecule has 3 aromatic rings. The van der Waals surface area contributed by atoms with Crippen LogP contribution in [0.25, 0.3) is 16.9 Å². The summed E-state index contributed by atoms with van der Waals surface area (Å²) in [6.07, 6.45) is 2.41. The second kappa shape index (κ2) is 9.33. The maximum absolute atomic E-state index is 12.4. The normalized spacial score (nSPS) is 16.1. The molecule has 0 unspecified atom stereocenters. The van der Waals surface area contributed by atoms with Crippen LogP contribution in [0.4, 0.5) is 0 Å². The summed E-state index contributed by atoms with van der Waals surface area (Å²) in [6, 6.07) is 11.8. The molecule has 0 saturated carbocycles. The summed E-state index contributed by atoms with van der Waals surface area (Å²) in [5.41, 5.74) is 2.63. The minimum atomic E-state index is -3.15. The zero-order valence-corrected chi connectivity index (χ0v) is 18.9. The third-order valence-corrected chi connectivity index (χ3v) is 7.52. The molecule has 0 bridgehead atoms. The van der Waals surface area contributed by atoms with E-state index in [1.807, 2.05) is 50.2 Å². The van der Waals surface area contributed by atoms with Gasteiger partial charge in [0, 0.05) is 38.1 Å². The van der Waals surface area contributed by atoms with Crippen LogP contribution in [0.1, 0.15) is 26.1 Å². The van der Waals surface area contributed by atoms with Crippen LogP contribution in [0.3, 0.4) is 0 Å². The van der Waals surface area contributed by atoms with Crippen molar-refractivity contribution in [1.29, 1.82) is 0 Å². The van der Waals surface area contributed by atoms with E-state index in [1.165, 1.54) is 0 Å². The molecule has 166 valence electrons. The lowest BCUT2D eigenvalue weighted by atomic mass is 10.3. The molecule has 4 rings (SSSR count). The Morgan fingerprint density at radius 1 is 1.03 bits per heavy atom. The van der Waals surface area contributed by atoms with Crippen molar-refractivity contribution < 1.29 is 13.2 Å². The van der Waals surface area contributed by atoms with Crippen LogP contribution in [0.2, 0.25) is 0 Å². The van der Waals surface area contributed by atoms with Crippen molar-refractivity contribution >= 4 is 21.2 Å². The van der Waals surface area contributed by atoms with Crippen molar-refractivity contribution in [3.8, 4) is 11.4 Å². The number of nitrogens with zero attached hydrogens (tertiary/aromatic N) is 5. The molecule has 0 atom stereocenters. The number of ether oxygens (including phenoxy) is 1. The molecule has 2 aromatic heterocycles. The van der Waals surface area contributed by atoms with Gasteiger partial charge in [-0.15, -0.1) is 0 Å². The topological polar surface area (TPSA) is 80.6 Å². The smallest absolute Gasteiger partial charge is 0.214 e. The molecule has 0 aliphatic carbocycles. The quantitative estimate of drug-likeness (QED) is 0.533. The zero-order chi connectivity index (χ0) is 21.8. The van der Waals surface area contributed by atoms with E-state index in [0.717, 1.165) is 28.4 Å². The molecular formula is C22H29N5O3S. The zero-order valence-electron chi connectivity index (χ0n) is 18.1. The molecule has 31 heavy (non-hydrogen) atoms. The number of fused-ring (bicyclic) bond motifs is 1. The fraction of sp³-hybridized carbons (Fsp3) is 0.455. The minimum Gasteiger partial charge on any atom is -0.494 e. The van der Waals surface area contributed by atoms with E-state index in [9.17, 15) is 8.42 Å². The first-order valence-corrected chi connectivity index (χ1v) is 12.4. The number of aromatic nitrogens is 3. The predicted molar refractivity (Wildman–Crippen MR) is 121 cm³/mol. The van der Waals surface area contributed by atoms with Crippen LogP contribution in [-0.2, 0) is 16.6 Å². The first kappa shape index (κ1) is 21.7. The van der Waals surface area contributed by atoms with Crippen LogP contribution < -0.4 is 4.74 Å². The third-order valence-electron chi connectivity index (χ3n) is 5.44. The molecule has 1 aromatic carbocycles. The Balaban J connectivity index is 1.57. The van der Waals surface area contributed by atoms with Gasteiger partial charge < -0.3 is 4.74 Å². The number of piperazine rings is 1. The second-order valence-electron chi connectivity index (χ2n) is 7.63. The number of imidazole rings is 1. The van der Waals surface area contributed by atoms with Crippen molar-refractivity contribution in [3.05, 3.63) is 48.4 Å². The number of hydrogen-bond donors (Lipinski definition) is 0. The minimum absolute atomic E-state index is 0.214. The number of hydrogen-bond acceptors (Lipinski definition) is 6. The lowest BCUT2D eigenvalue weighted by Gasteiger charge is -2.33. The Morgan fingerprint density at radius 3 is 2.45 bits per heavy atom. The van der Waals surface area contributed by atoms with E-state index in [4.69, 9.17) is 9.72 Å². The Kier molecular flexibility index (Phi) is 6.54. The van der Waals surface area contributed by atoms with Gasteiger partial charge in [-0.25, -0.2) is 18.4 Å². The van der Waals surface area contributed by atoms with Crippen LogP contribution in [-0.4, -0.2) is 70.7 Å². The highest BCUT2D eigenvalue weighted by Gasteiger charge is 2.27. The maximum Gasteiger partial charge on any atom is 0.214 e. The summed E-state index contributed by atoms with van der Waals surface area (Å²) in [5, 5.41) is 0. The first-order chi connectivity index (χ1) is 15.0. The van der Waals surface area contributed by atoms with Gasteiger partial charge in [0.05, 0.1) is 18.9 Å². The van der Waals surface area contributed by atoms with Crippen molar-refractivity contribution in [3.63, 3.8) is 0 Å². The molecule has 1 aliphatic rings. The SMILES string of the molecule is CCCS(=O)(=O)N1CCN(Cc2nc3cccnc3n2-c2ccc(OCC)cc2)CC1. The van der Waals surface area contributed by atoms with Crippen molar-refractivity contribution in [2.45, 2.75) is 26.8 Å². The summed E-state index contributed by atoms with van der Waals surface area (Å²) in [5.74, 6) is 1.93. The number of benzene rings is 1. The van der Waals surface area contributed by atoms with Gasteiger partial charge in [-0.3, -0.25) is 9.47 Å². The van der Waals surface area contributed by atoms with Gasteiger partial charge in [0.2, 0.25) is 10.0 Å². The summed E-state index contributed by atoms with van der Waals surface area (Å²) in [6.45, 7) is 7.52. The molecule has 9 heteroatoms. The summed E-state index contributed by atoms with van der Waals surface area (Å²) < 4.78 is 34.0. The maximum atomic E-state index is 12.4. The van der Waals surface area contributed by atoms with Crippen molar-refractivity contribution in [1.82, 2.24) is 23.7 Å². The standard InChI is InChI=1S/C22H29N5O3S/c1-3-16-31(28,29)26-14-12-25(13-15-26)17-21-24-20-6-5-11-23-22(20)27(21)18-7-9-19(10-8-18)30-4-2/h5-11H,3-4,12-17H2,1-2H3. The summed E-state index contributed by atoms with van der Waals surface area (Å²) in [4.78, 5) is 11.6. The van der Waals surface area contributed by atoms with E-state index in [1.54, 1.807) is 10.5 Å². The van der Waals surface area contributed by atoms with E-state index >= 15 is 0 Å². The average Bonchev–Trinajstić information content (AvgIpc) is 3.13.